The fourth-order valence-electron chi connectivity index (χ4n) is 4.08. The van der Waals surface area contributed by atoms with Crippen LogP contribution in [0.15, 0.2) is 83.8 Å². The van der Waals surface area contributed by atoms with Gasteiger partial charge in [-0.15, -0.1) is 0 Å². The zero-order valence-electron chi connectivity index (χ0n) is 23.4. The number of anilines is 1. The van der Waals surface area contributed by atoms with Crippen LogP contribution in [0.4, 0.5) is 5.69 Å². The smallest absolute Gasteiger partial charge is 0.264 e. The van der Waals surface area contributed by atoms with E-state index in [-0.39, 0.29) is 23.4 Å². The van der Waals surface area contributed by atoms with E-state index in [1.54, 1.807) is 37.3 Å². The minimum absolute atomic E-state index is 0.0525. The molecule has 3 rings (SSSR count). The van der Waals surface area contributed by atoms with Gasteiger partial charge in [0.1, 0.15) is 12.6 Å². The van der Waals surface area contributed by atoms with Crippen LogP contribution in [0, 0.1) is 6.92 Å². The standard InChI is InChI=1S/C31H39N3O4S/c1-6-24(4)32-31(36)25(5)33(21-27-15-13-23(3)14-16-27)30(35)22-34(28-19-17-26(7-2)18-20-28)39(37,38)29-11-9-8-10-12-29/h8-20,24-25H,6-7,21-22H2,1-5H3,(H,32,36)/t24-,25+/m1/s1. The van der Waals surface area contributed by atoms with Crippen LogP contribution in [0.3, 0.4) is 0 Å². The lowest BCUT2D eigenvalue weighted by atomic mass is 10.1. The van der Waals surface area contributed by atoms with Gasteiger partial charge in [0.15, 0.2) is 0 Å². The second-order valence-corrected chi connectivity index (χ2v) is 11.7. The first kappa shape index (κ1) is 29.9. The first-order chi connectivity index (χ1) is 18.6. The number of carbonyl (C=O) groups is 2. The highest BCUT2D eigenvalue weighted by molar-refractivity contribution is 7.92. The predicted octanol–water partition coefficient (Wildman–Crippen LogP) is 5.08. The molecule has 0 saturated carbocycles. The number of hydrogen-bond donors (Lipinski definition) is 1. The molecular formula is C31H39N3O4S. The SMILES string of the molecule is CCc1ccc(N(CC(=O)N(Cc2ccc(C)cc2)[C@@H](C)C(=O)N[C@H](C)CC)S(=O)(=O)c2ccccc2)cc1. The second kappa shape index (κ2) is 13.4. The molecule has 0 aromatic heterocycles. The van der Waals surface area contributed by atoms with Crippen LogP contribution >= 0.6 is 0 Å². The van der Waals surface area contributed by atoms with Crippen molar-refractivity contribution < 1.29 is 18.0 Å². The maximum Gasteiger partial charge on any atom is 0.264 e. The lowest BCUT2D eigenvalue weighted by molar-refractivity contribution is -0.139. The van der Waals surface area contributed by atoms with E-state index < -0.39 is 28.5 Å². The van der Waals surface area contributed by atoms with Crippen molar-refractivity contribution in [2.45, 2.75) is 71.0 Å². The van der Waals surface area contributed by atoms with E-state index in [0.717, 1.165) is 33.8 Å². The van der Waals surface area contributed by atoms with Gasteiger partial charge in [-0.05, 0) is 69.0 Å². The number of amides is 2. The van der Waals surface area contributed by atoms with Gasteiger partial charge in [0.2, 0.25) is 11.8 Å². The predicted molar refractivity (Wildman–Crippen MR) is 156 cm³/mol. The first-order valence-electron chi connectivity index (χ1n) is 13.4. The summed E-state index contributed by atoms with van der Waals surface area (Å²) in [7, 11) is -4.06. The molecule has 0 unspecified atom stereocenters. The van der Waals surface area contributed by atoms with Crippen molar-refractivity contribution >= 4 is 27.5 Å². The van der Waals surface area contributed by atoms with Crippen molar-refractivity contribution in [1.82, 2.24) is 10.2 Å². The summed E-state index contributed by atoms with van der Waals surface area (Å²) >= 11 is 0. The summed E-state index contributed by atoms with van der Waals surface area (Å²) in [5.74, 6) is -0.754. The molecule has 2 amide bonds. The lowest BCUT2D eigenvalue weighted by Gasteiger charge is -2.32. The number of nitrogens with zero attached hydrogens (tertiary/aromatic N) is 2. The summed E-state index contributed by atoms with van der Waals surface area (Å²) < 4.78 is 28.7. The van der Waals surface area contributed by atoms with Crippen molar-refractivity contribution in [3.05, 3.63) is 95.6 Å². The molecule has 7 nitrogen and oxygen atoms in total. The molecule has 0 heterocycles. The lowest BCUT2D eigenvalue weighted by Crippen LogP contribution is -2.52. The number of hydrogen-bond acceptors (Lipinski definition) is 4. The van der Waals surface area contributed by atoms with Crippen LogP contribution in [-0.2, 0) is 32.6 Å². The minimum atomic E-state index is -4.06. The van der Waals surface area contributed by atoms with Gasteiger partial charge in [0.05, 0.1) is 10.6 Å². The topological polar surface area (TPSA) is 86.8 Å². The quantitative estimate of drug-likeness (QED) is 0.341. The normalized spacial score (nSPS) is 12.8. The van der Waals surface area contributed by atoms with Crippen molar-refractivity contribution in [1.29, 1.82) is 0 Å². The minimum Gasteiger partial charge on any atom is -0.352 e. The van der Waals surface area contributed by atoms with E-state index in [1.165, 1.54) is 17.0 Å². The summed E-state index contributed by atoms with van der Waals surface area (Å²) in [5, 5.41) is 2.95. The van der Waals surface area contributed by atoms with Crippen LogP contribution < -0.4 is 9.62 Å². The number of aryl methyl sites for hydroxylation is 2. The van der Waals surface area contributed by atoms with Gasteiger partial charge in [-0.2, -0.15) is 0 Å². The molecule has 0 aliphatic heterocycles. The Morgan fingerprint density at radius 2 is 1.44 bits per heavy atom. The Bertz CT molecular complexity index is 1340. The van der Waals surface area contributed by atoms with Crippen LogP contribution in [0.2, 0.25) is 0 Å². The van der Waals surface area contributed by atoms with Crippen LogP contribution in [-0.4, -0.2) is 43.8 Å². The van der Waals surface area contributed by atoms with E-state index in [0.29, 0.717) is 5.69 Å². The molecule has 0 saturated heterocycles. The zero-order chi connectivity index (χ0) is 28.6. The summed E-state index contributed by atoms with van der Waals surface area (Å²) in [6, 6.07) is 22.1. The second-order valence-electron chi connectivity index (χ2n) is 9.85. The maximum atomic E-state index is 13.9. The van der Waals surface area contributed by atoms with Gasteiger partial charge in [-0.1, -0.05) is 74.0 Å². The fraction of sp³-hybridized carbons (Fsp3) is 0.355. The Balaban J connectivity index is 2.01. The molecule has 0 aliphatic carbocycles. The van der Waals surface area contributed by atoms with Crippen LogP contribution in [0.5, 0.6) is 0 Å². The Kier molecular flexibility index (Phi) is 10.3. The summed E-state index contributed by atoms with van der Waals surface area (Å²) in [4.78, 5) is 28.6. The van der Waals surface area contributed by atoms with E-state index >= 15 is 0 Å². The van der Waals surface area contributed by atoms with Gasteiger partial charge in [-0.25, -0.2) is 8.42 Å². The molecule has 39 heavy (non-hydrogen) atoms. The third-order valence-electron chi connectivity index (χ3n) is 6.88. The number of benzene rings is 3. The highest BCUT2D eigenvalue weighted by atomic mass is 32.2. The van der Waals surface area contributed by atoms with E-state index in [1.807, 2.05) is 64.1 Å². The zero-order valence-corrected chi connectivity index (χ0v) is 24.2. The molecule has 0 spiro atoms. The van der Waals surface area contributed by atoms with Gasteiger partial charge in [-0.3, -0.25) is 13.9 Å². The average Bonchev–Trinajstić information content (AvgIpc) is 2.95. The molecule has 8 heteroatoms. The molecule has 0 fully saturated rings. The molecule has 3 aromatic rings. The third kappa shape index (κ3) is 7.69. The third-order valence-corrected chi connectivity index (χ3v) is 8.67. The monoisotopic (exact) mass is 549 g/mol. The first-order valence-corrected chi connectivity index (χ1v) is 14.8. The highest BCUT2D eigenvalue weighted by Crippen LogP contribution is 2.25. The van der Waals surface area contributed by atoms with Gasteiger partial charge < -0.3 is 10.2 Å². The number of nitrogens with one attached hydrogen (secondary N) is 1. The van der Waals surface area contributed by atoms with Gasteiger partial charge in [0.25, 0.3) is 10.0 Å². The van der Waals surface area contributed by atoms with E-state index in [2.05, 4.69) is 5.32 Å². The Labute approximate surface area is 232 Å². The van der Waals surface area contributed by atoms with Crippen molar-refractivity contribution in [3.8, 4) is 0 Å². The van der Waals surface area contributed by atoms with E-state index in [9.17, 15) is 18.0 Å². The molecule has 0 aliphatic rings. The maximum absolute atomic E-state index is 13.9. The number of sulfonamides is 1. The van der Waals surface area contributed by atoms with Crippen molar-refractivity contribution in [3.63, 3.8) is 0 Å². The van der Waals surface area contributed by atoms with E-state index in [4.69, 9.17) is 0 Å². The fourth-order valence-corrected chi connectivity index (χ4v) is 5.52. The Morgan fingerprint density at radius 1 is 0.846 bits per heavy atom. The summed E-state index contributed by atoms with van der Waals surface area (Å²) in [6.45, 7) is 9.27. The van der Waals surface area contributed by atoms with Crippen molar-refractivity contribution in [2.75, 3.05) is 10.8 Å². The number of carbonyl (C=O) groups excluding carboxylic acids is 2. The largest absolute Gasteiger partial charge is 0.352 e. The summed E-state index contributed by atoms with van der Waals surface area (Å²) in [6.07, 6.45) is 1.55. The molecular weight excluding hydrogens is 510 g/mol. The molecule has 0 radical (unpaired) electrons. The molecule has 0 bridgehead atoms. The molecule has 3 aromatic carbocycles. The Morgan fingerprint density at radius 3 is 2.00 bits per heavy atom. The highest BCUT2D eigenvalue weighted by Gasteiger charge is 2.32. The van der Waals surface area contributed by atoms with Gasteiger partial charge in [0, 0.05) is 12.6 Å². The average molecular weight is 550 g/mol. The molecule has 208 valence electrons. The van der Waals surface area contributed by atoms with Crippen LogP contribution in [0.1, 0.15) is 50.8 Å². The van der Waals surface area contributed by atoms with Crippen LogP contribution in [0.25, 0.3) is 0 Å². The summed E-state index contributed by atoms with van der Waals surface area (Å²) in [5.41, 5.74) is 3.37. The molecule has 1 N–H and O–H groups in total. The molecule has 2 atom stereocenters. The van der Waals surface area contributed by atoms with Gasteiger partial charge >= 0.3 is 0 Å². The van der Waals surface area contributed by atoms with Crippen molar-refractivity contribution in [2.24, 2.45) is 0 Å². The Hall–Kier alpha value is -3.65. The number of rotatable bonds is 12.